The predicted molar refractivity (Wildman–Crippen MR) is 269 cm³/mol. The fraction of sp³-hybridized carbons (Fsp3) is 0.938. The van der Waals surface area contributed by atoms with E-state index in [1.807, 2.05) is 0 Å². The van der Waals surface area contributed by atoms with Crippen molar-refractivity contribution >= 4 is 17.7 Å². The summed E-state index contributed by atoms with van der Waals surface area (Å²) < 4.78 is 70.6. The van der Waals surface area contributed by atoms with Crippen LogP contribution in [0.2, 0.25) is 0 Å². The number of nitrogens with one attached hydrogen (secondary N) is 3. The topological polar surface area (TPSA) is 623 Å². The Hall–Kier alpha value is -2.91. The van der Waals surface area contributed by atoms with Crippen molar-refractivity contribution in [1.82, 2.24) is 16.0 Å². The number of ether oxygens (including phenoxy) is 12. The van der Waals surface area contributed by atoms with Crippen LogP contribution in [0.5, 0.6) is 0 Å². The fourth-order valence-corrected chi connectivity index (χ4v) is 10.7. The summed E-state index contributed by atoms with van der Waals surface area (Å²) in [6.07, 6.45) is -63.6. The summed E-state index contributed by atoms with van der Waals surface area (Å²) in [4.78, 5) is 37.3. The molecule has 39 nitrogen and oxygen atoms in total. The van der Waals surface area contributed by atoms with E-state index < -0.39 is 279 Å². The van der Waals surface area contributed by atoms with Gasteiger partial charge < -0.3 is 180 Å². The molecule has 0 saturated carbocycles. The van der Waals surface area contributed by atoms with E-state index in [4.69, 9.17) is 56.8 Å². The third kappa shape index (κ3) is 16.8. The Morgan fingerprint density at radius 3 is 1.24 bits per heavy atom. The first-order valence-electron chi connectivity index (χ1n) is 27.5. The molecule has 6 unspecified atom stereocenters. The standard InChI is InChI=1S/C48H83N3O36/c1-12(59)49-15(4-52)25(63)38(16(62)5-53)83-44-24(51-14(3)61)30(68)39(20(9-57)80-44)84-48-37(75)42(87-47-35(73)32(70)28(66)19(8-56)79-47)41(86-43-23(50-13(2)60)29(67)26(64)17(6-54)77-43)22(82-48)11-76-45-36(74)33(71)40(21(10-58)81-45)85-46-34(72)31(69)27(65)18(7-55)78-46/h15-48,52-58,62-75H,4-11H2,1-3H3,(H,49,59)(H,50,60)(H,51,61)/t15-,16+,17+,18+,19+,20+,21+,22+,23+,24+,25+,26+,27+,28+,29+,30+,31-,32-,33+,34-,35-,36-,37-,38+,39+,40+,41+,42+,43?,44?,45?,46?,47?,48?/m0/s1. The molecule has 6 saturated heterocycles. The summed E-state index contributed by atoms with van der Waals surface area (Å²) in [5.74, 6) is -2.59. The van der Waals surface area contributed by atoms with Crippen LogP contribution in [0.1, 0.15) is 20.8 Å². The number of rotatable bonds is 26. The summed E-state index contributed by atoms with van der Waals surface area (Å²) >= 11 is 0. The smallest absolute Gasteiger partial charge is 0.217 e. The highest BCUT2D eigenvalue weighted by molar-refractivity contribution is 5.74. The lowest BCUT2D eigenvalue weighted by Crippen LogP contribution is -2.70. The second-order valence-corrected chi connectivity index (χ2v) is 21.6. The highest BCUT2D eigenvalue weighted by Crippen LogP contribution is 2.38. The number of carbonyl (C=O) groups excluding carboxylic acids is 3. The van der Waals surface area contributed by atoms with Gasteiger partial charge in [0.25, 0.3) is 0 Å². The van der Waals surface area contributed by atoms with E-state index in [1.54, 1.807) is 0 Å². The molecule has 34 atom stereocenters. The van der Waals surface area contributed by atoms with E-state index in [1.165, 1.54) is 0 Å². The van der Waals surface area contributed by atoms with Gasteiger partial charge in [0.05, 0.1) is 58.9 Å². The number of carbonyl (C=O) groups is 3. The average Bonchev–Trinajstić information content (AvgIpc) is 1.09. The van der Waals surface area contributed by atoms with Crippen LogP contribution in [-0.2, 0) is 71.2 Å². The van der Waals surface area contributed by atoms with Crippen LogP contribution in [0.3, 0.4) is 0 Å². The maximum atomic E-state index is 12.8. The molecule has 0 aliphatic carbocycles. The third-order valence-corrected chi connectivity index (χ3v) is 15.4. The van der Waals surface area contributed by atoms with Crippen molar-refractivity contribution < 1.29 is 178 Å². The maximum absolute atomic E-state index is 12.8. The second kappa shape index (κ2) is 32.6. The van der Waals surface area contributed by atoms with Crippen LogP contribution in [0.25, 0.3) is 0 Å². The Labute approximate surface area is 493 Å². The van der Waals surface area contributed by atoms with Crippen LogP contribution in [-0.4, -0.2) is 386 Å². The molecule has 6 fully saturated rings. The van der Waals surface area contributed by atoms with Crippen LogP contribution in [0.4, 0.5) is 0 Å². The fourth-order valence-electron chi connectivity index (χ4n) is 10.7. The van der Waals surface area contributed by atoms with Crippen molar-refractivity contribution in [2.24, 2.45) is 0 Å². The monoisotopic (exact) mass is 1280 g/mol. The molecule has 6 aliphatic rings. The van der Waals surface area contributed by atoms with Gasteiger partial charge in [-0.2, -0.15) is 0 Å². The van der Waals surface area contributed by atoms with Gasteiger partial charge in [0.2, 0.25) is 17.7 Å². The first-order chi connectivity index (χ1) is 41.1. The number of aliphatic hydroxyl groups is 21. The molecule has 24 N–H and O–H groups in total. The molecule has 506 valence electrons. The lowest BCUT2D eigenvalue weighted by Gasteiger charge is -2.51. The quantitative estimate of drug-likeness (QED) is 0.0382. The van der Waals surface area contributed by atoms with Crippen molar-refractivity contribution in [3.05, 3.63) is 0 Å². The minimum absolute atomic E-state index is 0.776. The number of hydrogen-bond acceptors (Lipinski definition) is 36. The highest BCUT2D eigenvalue weighted by atomic mass is 16.8. The minimum Gasteiger partial charge on any atom is -0.394 e. The summed E-state index contributed by atoms with van der Waals surface area (Å²) in [7, 11) is 0. The van der Waals surface area contributed by atoms with E-state index >= 15 is 0 Å². The average molecular weight is 1280 g/mol. The van der Waals surface area contributed by atoms with Gasteiger partial charge in [-0.3, -0.25) is 14.4 Å². The Balaban J connectivity index is 1.41. The van der Waals surface area contributed by atoms with Crippen molar-refractivity contribution in [2.75, 3.05) is 52.9 Å². The van der Waals surface area contributed by atoms with Crippen LogP contribution in [0, 0.1) is 0 Å². The van der Waals surface area contributed by atoms with Crippen LogP contribution < -0.4 is 16.0 Å². The highest BCUT2D eigenvalue weighted by Gasteiger charge is 2.59. The maximum Gasteiger partial charge on any atom is 0.217 e. The SMILES string of the molecule is CC(=O)N[C@@H](CO)[C@@H](O)[C@H](OC1O[C@H](CO)[C@@H](OC2O[C@H](COC3O[C@H](CO)[C@@H](OC4O[C@H](CO)[C@@H](O)[C@H](O)[C@@H]4O)[C@H](O)[C@@H]3O)[C@@H](OC3O[C@H](CO)[C@@H](O)[C@H](O)[C@H]3NC(C)=O)[C@H](OC3O[C@H](CO)[C@@H](O)[C@H](O)[C@@H]3O)[C@@H]2O)[C@H](O)[C@H]1NC(C)=O)[C@H](O)CO. The molecule has 0 aromatic rings. The Kier molecular flexibility index (Phi) is 27.4. The summed E-state index contributed by atoms with van der Waals surface area (Å²) in [5, 5.41) is 234. The van der Waals surface area contributed by atoms with Gasteiger partial charge in [0, 0.05) is 20.8 Å². The second-order valence-electron chi connectivity index (χ2n) is 21.6. The largest absolute Gasteiger partial charge is 0.394 e. The number of hydrogen-bond donors (Lipinski definition) is 24. The van der Waals surface area contributed by atoms with Crippen LogP contribution in [0.15, 0.2) is 0 Å². The van der Waals surface area contributed by atoms with E-state index in [0.29, 0.717) is 0 Å². The molecule has 0 bridgehead atoms. The summed E-state index contributed by atoms with van der Waals surface area (Å²) in [6, 6.07) is -5.32. The normalized spacial score (nSPS) is 45.1. The molecular formula is C48H83N3O36. The van der Waals surface area contributed by atoms with Gasteiger partial charge in [-0.05, 0) is 0 Å². The number of aliphatic hydroxyl groups excluding tert-OH is 21. The van der Waals surface area contributed by atoms with Crippen molar-refractivity contribution in [2.45, 2.75) is 229 Å². The van der Waals surface area contributed by atoms with E-state index in [-0.39, 0.29) is 0 Å². The molecule has 6 aliphatic heterocycles. The zero-order chi connectivity index (χ0) is 64.6. The molecule has 0 aromatic heterocycles. The Morgan fingerprint density at radius 1 is 0.391 bits per heavy atom. The molecular weight excluding hydrogens is 1190 g/mol. The molecule has 0 radical (unpaired) electrons. The molecule has 6 heterocycles. The zero-order valence-corrected chi connectivity index (χ0v) is 46.8. The van der Waals surface area contributed by atoms with Gasteiger partial charge in [0.15, 0.2) is 37.7 Å². The first kappa shape index (κ1) is 73.1. The Morgan fingerprint density at radius 2 is 0.782 bits per heavy atom. The lowest BCUT2D eigenvalue weighted by molar-refractivity contribution is -0.399. The van der Waals surface area contributed by atoms with E-state index in [9.17, 15) is 122 Å². The lowest BCUT2D eigenvalue weighted by atomic mass is 9.94. The van der Waals surface area contributed by atoms with E-state index in [2.05, 4.69) is 16.0 Å². The van der Waals surface area contributed by atoms with Crippen LogP contribution >= 0.6 is 0 Å². The number of amides is 3. The third-order valence-electron chi connectivity index (χ3n) is 15.4. The molecule has 3 amide bonds. The van der Waals surface area contributed by atoms with E-state index in [0.717, 1.165) is 20.8 Å². The molecule has 0 spiro atoms. The Bertz CT molecular complexity index is 2130. The molecule has 39 heteroatoms. The zero-order valence-electron chi connectivity index (χ0n) is 46.8. The molecule has 87 heavy (non-hydrogen) atoms. The summed E-state index contributed by atoms with van der Waals surface area (Å²) in [5.41, 5.74) is 0. The van der Waals surface area contributed by atoms with Gasteiger partial charge in [-0.25, -0.2) is 0 Å². The minimum atomic E-state index is -2.48. The molecule has 6 rings (SSSR count). The van der Waals surface area contributed by atoms with Gasteiger partial charge >= 0.3 is 0 Å². The van der Waals surface area contributed by atoms with Crippen molar-refractivity contribution in [3.8, 4) is 0 Å². The van der Waals surface area contributed by atoms with Crippen molar-refractivity contribution in [1.29, 1.82) is 0 Å². The first-order valence-corrected chi connectivity index (χ1v) is 27.5. The predicted octanol–water partition coefficient (Wildman–Crippen LogP) is -16.2. The van der Waals surface area contributed by atoms with Crippen molar-refractivity contribution in [3.63, 3.8) is 0 Å². The summed E-state index contributed by atoms with van der Waals surface area (Å²) in [6.45, 7) is -5.53. The molecule has 0 aromatic carbocycles. The van der Waals surface area contributed by atoms with Gasteiger partial charge in [0.1, 0.15) is 165 Å². The van der Waals surface area contributed by atoms with Gasteiger partial charge in [-0.1, -0.05) is 0 Å². The van der Waals surface area contributed by atoms with Gasteiger partial charge in [-0.15, -0.1) is 0 Å².